The molecule has 33 heavy (non-hydrogen) atoms. The maximum absolute atomic E-state index is 13.2. The van der Waals surface area contributed by atoms with Gasteiger partial charge in [0.1, 0.15) is 17.3 Å². The number of benzene rings is 4. The van der Waals surface area contributed by atoms with Gasteiger partial charge in [-0.15, -0.1) is 0 Å². The molecule has 0 fully saturated rings. The predicted molar refractivity (Wildman–Crippen MR) is 123 cm³/mol. The molecule has 0 saturated heterocycles. The van der Waals surface area contributed by atoms with E-state index in [1.54, 1.807) is 24.3 Å². The Bertz CT molecular complexity index is 1320. The zero-order valence-corrected chi connectivity index (χ0v) is 17.4. The van der Waals surface area contributed by atoms with Crippen molar-refractivity contribution < 1.29 is 23.5 Å². The first-order valence-corrected chi connectivity index (χ1v) is 10.1. The van der Waals surface area contributed by atoms with E-state index in [0.29, 0.717) is 17.1 Å². The van der Waals surface area contributed by atoms with Crippen LogP contribution in [-0.2, 0) is 4.79 Å². The fourth-order valence-electron chi connectivity index (χ4n) is 3.02. The molecule has 0 aliphatic rings. The number of carbonyl (C=O) groups excluding carboxylic acids is 2. The third-order valence-corrected chi connectivity index (χ3v) is 4.64. The molecule has 0 unspecified atom stereocenters. The van der Waals surface area contributed by atoms with Gasteiger partial charge in [0, 0.05) is 0 Å². The van der Waals surface area contributed by atoms with E-state index >= 15 is 0 Å². The number of hydrazone groups is 1. The first-order valence-electron chi connectivity index (χ1n) is 10.1. The van der Waals surface area contributed by atoms with Crippen LogP contribution in [0.1, 0.15) is 15.9 Å². The molecule has 164 valence electrons. The van der Waals surface area contributed by atoms with Crippen LogP contribution in [-0.4, -0.2) is 24.7 Å². The molecule has 1 N–H and O–H groups in total. The second-order valence-corrected chi connectivity index (χ2v) is 7.06. The van der Waals surface area contributed by atoms with Crippen LogP contribution < -0.4 is 14.9 Å². The molecule has 0 bridgehead atoms. The lowest BCUT2D eigenvalue weighted by molar-refractivity contribution is -0.123. The minimum absolute atomic E-state index is 0.120. The quantitative estimate of drug-likeness (QED) is 0.194. The van der Waals surface area contributed by atoms with Gasteiger partial charge in [-0.05, 0) is 70.9 Å². The Kier molecular flexibility index (Phi) is 6.70. The highest BCUT2D eigenvalue weighted by Crippen LogP contribution is 2.20. The number of carbonyl (C=O) groups is 2. The Morgan fingerprint density at radius 1 is 0.848 bits per heavy atom. The highest BCUT2D eigenvalue weighted by atomic mass is 19.1. The Morgan fingerprint density at radius 3 is 2.39 bits per heavy atom. The van der Waals surface area contributed by atoms with Gasteiger partial charge in [-0.2, -0.15) is 5.10 Å². The summed E-state index contributed by atoms with van der Waals surface area (Å²) in [6.45, 7) is -0.176. The molecular formula is C26H19FN2O4. The van der Waals surface area contributed by atoms with Crippen molar-refractivity contribution in [2.75, 3.05) is 6.61 Å². The van der Waals surface area contributed by atoms with E-state index in [-0.39, 0.29) is 12.2 Å². The van der Waals surface area contributed by atoms with Crippen LogP contribution >= 0.6 is 0 Å². The molecule has 0 saturated carbocycles. The summed E-state index contributed by atoms with van der Waals surface area (Å²) in [7, 11) is 0. The molecule has 4 rings (SSSR count). The van der Waals surface area contributed by atoms with Crippen molar-refractivity contribution in [2.24, 2.45) is 5.10 Å². The molecule has 6 nitrogen and oxygen atoms in total. The van der Waals surface area contributed by atoms with Crippen LogP contribution in [0.4, 0.5) is 4.39 Å². The summed E-state index contributed by atoms with van der Waals surface area (Å²) in [5.41, 5.74) is 3.19. The Morgan fingerprint density at radius 2 is 1.61 bits per heavy atom. The molecule has 0 aliphatic carbocycles. The van der Waals surface area contributed by atoms with Crippen LogP contribution in [0.15, 0.2) is 96.1 Å². The van der Waals surface area contributed by atoms with E-state index in [4.69, 9.17) is 9.47 Å². The Hall–Kier alpha value is -4.52. The summed E-state index contributed by atoms with van der Waals surface area (Å²) in [6.07, 6.45) is 1.45. The van der Waals surface area contributed by atoms with Gasteiger partial charge >= 0.3 is 5.97 Å². The van der Waals surface area contributed by atoms with E-state index in [0.717, 1.165) is 16.8 Å². The summed E-state index contributed by atoms with van der Waals surface area (Å²) < 4.78 is 24.0. The number of ether oxygens (including phenoxy) is 2. The van der Waals surface area contributed by atoms with Crippen LogP contribution in [0.3, 0.4) is 0 Å². The van der Waals surface area contributed by atoms with Crippen molar-refractivity contribution in [3.63, 3.8) is 0 Å². The lowest BCUT2D eigenvalue weighted by atomic mass is 10.1. The molecule has 0 aliphatic heterocycles. The second kappa shape index (κ2) is 10.2. The first-order chi connectivity index (χ1) is 16.1. The van der Waals surface area contributed by atoms with Gasteiger partial charge in [-0.3, -0.25) is 4.79 Å². The average molecular weight is 442 g/mol. The number of hydrogen-bond donors (Lipinski definition) is 1. The largest absolute Gasteiger partial charge is 0.484 e. The SMILES string of the molecule is O=C(COc1ccc2ccccc2c1)NN=Cc1ccc(OC(=O)c2cccc(F)c2)cc1. The highest BCUT2D eigenvalue weighted by molar-refractivity contribution is 5.91. The van der Waals surface area contributed by atoms with E-state index in [9.17, 15) is 14.0 Å². The van der Waals surface area contributed by atoms with Crippen molar-refractivity contribution in [2.45, 2.75) is 0 Å². The smallest absolute Gasteiger partial charge is 0.343 e. The number of rotatable bonds is 7. The first kappa shape index (κ1) is 21.7. The van der Waals surface area contributed by atoms with E-state index in [1.807, 2.05) is 42.5 Å². The van der Waals surface area contributed by atoms with Gasteiger partial charge in [0.2, 0.25) is 0 Å². The molecule has 0 atom stereocenters. The molecule has 0 spiro atoms. The summed E-state index contributed by atoms with van der Waals surface area (Å²) in [4.78, 5) is 24.0. The van der Waals surface area contributed by atoms with Gasteiger partial charge in [-0.1, -0.05) is 36.4 Å². The average Bonchev–Trinajstić information content (AvgIpc) is 2.83. The minimum Gasteiger partial charge on any atom is -0.484 e. The summed E-state index contributed by atoms with van der Waals surface area (Å²) in [5, 5.41) is 6.02. The third-order valence-electron chi connectivity index (χ3n) is 4.64. The van der Waals surface area contributed by atoms with E-state index < -0.39 is 17.7 Å². The lowest BCUT2D eigenvalue weighted by Gasteiger charge is -2.06. The Labute approximate surface area is 189 Å². The van der Waals surface area contributed by atoms with Crippen molar-refractivity contribution in [1.82, 2.24) is 5.43 Å². The predicted octanol–water partition coefficient (Wildman–Crippen LogP) is 4.73. The number of hydrogen-bond acceptors (Lipinski definition) is 5. The number of esters is 1. The molecule has 4 aromatic carbocycles. The van der Waals surface area contributed by atoms with Crippen molar-refractivity contribution in [3.8, 4) is 11.5 Å². The number of nitrogens with one attached hydrogen (secondary N) is 1. The topological polar surface area (TPSA) is 77.0 Å². The number of nitrogens with zero attached hydrogens (tertiary/aromatic N) is 1. The van der Waals surface area contributed by atoms with Crippen molar-refractivity contribution in [1.29, 1.82) is 0 Å². The fourth-order valence-corrected chi connectivity index (χ4v) is 3.02. The van der Waals surface area contributed by atoms with Gasteiger partial charge in [0.25, 0.3) is 5.91 Å². The maximum Gasteiger partial charge on any atom is 0.343 e. The normalized spacial score (nSPS) is 10.8. The van der Waals surface area contributed by atoms with E-state index in [1.165, 1.54) is 24.4 Å². The van der Waals surface area contributed by atoms with Crippen LogP contribution in [0.25, 0.3) is 10.8 Å². The minimum atomic E-state index is -0.658. The van der Waals surface area contributed by atoms with Gasteiger partial charge in [0.05, 0.1) is 11.8 Å². The molecule has 0 radical (unpaired) electrons. The highest BCUT2D eigenvalue weighted by Gasteiger charge is 2.09. The second-order valence-electron chi connectivity index (χ2n) is 7.06. The molecule has 1 amide bonds. The zero-order chi connectivity index (χ0) is 23.0. The molecule has 7 heteroatoms. The van der Waals surface area contributed by atoms with Crippen LogP contribution in [0, 0.1) is 5.82 Å². The summed E-state index contributed by atoms with van der Waals surface area (Å²) >= 11 is 0. The molecule has 4 aromatic rings. The molecule has 0 heterocycles. The van der Waals surface area contributed by atoms with Crippen molar-refractivity contribution in [3.05, 3.63) is 108 Å². The number of halogens is 1. The third kappa shape index (κ3) is 6.01. The van der Waals surface area contributed by atoms with Gasteiger partial charge in [-0.25, -0.2) is 14.6 Å². The van der Waals surface area contributed by atoms with Crippen LogP contribution in [0.2, 0.25) is 0 Å². The van der Waals surface area contributed by atoms with E-state index in [2.05, 4.69) is 10.5 Å². The fraction of sp³-hybridized carbons (Fsp3) is 0.0385. The molecular weight excluding hydrogens is 423 g/mol. The Balaban J connectivity index is 1.25. The lowest BCUT2D eigenvalue weighted by Crippen LogP contribution is -2.24. The monoisotopic (exact) mass is 442 g/mol. The number of fused-ring (bicyclic) bond motifs is 1. The summed E-state index contributed by atoms with van der Waals surface area (Å²) in [6, 6.07) is 25.2. The number of amides is 1. The molecule has 0 aromatic heterocycles. The van der Waals surface area contributed by atoms with Crippen molar-refractivity contribution >= 4 is 28.9 Å². The maximum atomic E-state index is 13.2. The van der Waals surface area contributed by atoms with Crippen LogP contribution in [0.5, 0.6) is 11.5 Å². The van der Waals surface area contributed by atoms with Gasteiger partial charge < -0.3 is 9.47 Å². The van der Waals surface area contributed by atoms with Gasteiger partial charge in [0.15, 0.2) is 6.61 Å². The zero-order valence-electron chi connectivity index (χ0n) is 17.4. The summed E-state index contributed by atoms with van der Waals surface area (Å²) in [5.74, 6) is -0.680. The standard InChI is InChI=1S/C26H19FN2O4/c27-22-7-3-6-21(14-22)26(31)33-23-11-8-18(9-12-23)16-28-29-25(30)17-32-24-13-10-19-4-1-2-5-20(19)15-24/h1-16H,17H2,(H,29,30).